The van der Waals surface area contributed by atoms with Crippen molar-refractivity contribution in [1.82, 2.24) is 10.3 Å². The average Bonchev–Trinajstić information content (AvgIpc) is 2.82. The van der Waals surface area contributed by atoms with Crippen LogP contribution in [0.3, 0.4) is 0 Å². The van der Waals surface area contributed by atoms with E-state index in [1.165, 1.54) is 25.1 Å². The zero-order valence-corrected chi connectivity index (χ0v) is 11.8. The van der Waals surface area contributed by atoms with E-state index < -0.39 is 0 Å². The molecular weight excluding hydrogens is 222 g/mol. The van der Waals surface area contributed by atoms with E-state index >= 15 is 0 Å². The van der Waals surface area contributed by atoms with E-state index in [9.17, 15) is 0 Å². The quantitative estimate of drug-likeness (QED) is 0.866. The Bertz CT molecular complexity index is 361. The maximum absolute atomic E-state index is 4.64. The fraction of sp³-hybridized carbons (Fsp3) is 0.667. The van der Waals surface area contributed by atoms with Crippen LogP contribution in [0.1, 0.15) is 51.8 Å². The molecule has 0 aromatic carbocycles. The zero-order valence-electron chi connectivity index (χ0n) is 11.8. The molecule has 2 unspecified atom stereocenters. The SMILES string of the molecule is CCNC(CC)c1ccc(N2CCCC2C)cn1. The van der Waals surface area contributed by atoms with Crippen LogP contribution in [-0.2, 0) is 0 Å². The molecule has 1 aliphatic heterocycles. The van der Waals surface area contributed by atoms with Gasteiger partial charge < -0.3 is 10.2 Å². The molecule has 1 fully saturated rings. The van der Waals surface area contributed by atoms with Crippen molar-refractivity contribution in [1.29, 1.82) is 0 Å². The Hall–Kier alpha value is -1.09. The average molecular weight is 247 g/mol. The highest BCUT2D eigenvalue weighted by atomic mass is 15.2. The lowest BCUT2D eigenvalue weighted by Gasteiger charge is -2.24. The van der Waals surface area contributed by atoms with Gasteiger partial charge in [0.1, 0.15) is 0 Å². The smallest absolute Gasteiger partial charge is 0.0574 e. The summed E-state index contributed by atoms with van der Waals surface area (Å²) in [6.07, 6.45) is 5.73. The number of nitrogens with zero attached hydrogens (tertiary/aromatic N) is 2. The summed E-state index contributed by atoms with van der Waals surface area (Å²) in [6, 6.07) is 5.45. The summed E-state index contributed by atoms with van der Waals surface area (Å²) < 4.78 is 0. The Balaban J connectivity index is 2.09. The van der Waals surface area contributed by atoms with E-state index in [1.54, 1.807) is 0 Å². The van der Waals surface area contributed by atoms with Crippen molar-refractivity contribution in [2.45, 2.75) is 52.1 Å². The van der Waals surface area contributed by atoms with E-state index in [2.05, 4.69) is 48.1 Å². The summed E-state index contributed by atoms with van der Waals surface area (Å²) in [5, 5.41) is 3.47. The summed E-state index contributed by atoms with van der Waals surface area (Å²) in [4.78, 5) is 7.11. The van der Waals surface area contributed by atoms with Gasteiger partial charge in [-0.1, -0.05) is 13.8 Å². The Kier molecular flexibility index (Phi) is 4.59. The van der Waals surface area contributed by atoms with Gasteiger partial charge in [0.25, 0.3) is 0 Å². The second kappa shape index (κ2) is 6.19. The second-order valence-corrected chi connectivity index (χ2v) is 5.14. The third-order valence-corrected chi connectivity index (χ3v) is 3.87. The molecule has 0 spiro atoms. The van der Waals surface area contributed by atoms with E-state index in [1.807, 2.05) is 6.20 Å². The first kappa shape index (κ1) is 13.3. The monoisotopic (exact) mass is 247 g/mol. The maximum atomic E-state index is 4.64. The van der Waals surface area contributed by atoms with Crippen LogP contribution in [0.4, 0.5) is 5.69 Å². The molecule has 3 heteroatoms. The predicted molar refractivity (Wildman–Crippen MR) is 77.0 cm³/mol. The van der Waals surface area contributed by atoms with Crippen LogP contribution < -0.4 is 10.2 Å². The second-order valence-electron chi connectivity index (χ2n) is 5.14. The van der Waals surface area contributed by atoms with E-state index in [0.29, 0.717) is 12.1 Å². The Morgan fingerprint density at radius 3 is 2.78 bits per heavy atom. The van der Waals surface area contributed by atoms with E-state index in [0.717, 1.165) is 18.7 Å². The van der Waals surface area contributed by atoms with Crippen molar-refractivity contribution in [3.8, 4) is 0 Å². The van der Waals surface area contributed by atoms with Gasteiger partial charge in [0, 0.05) is 18.6 Å². The molecule has 0 amide bonds. The van der Waals surface area contributed by atoms with Crippen molar-refractivity contribution >= 4 is 5.69 Å². The van der Waals surface area contributed by atoms with Gasteiger partial charge in [0.2, 0.25) is 0 Å². The normalized spacial score (nSPS) is 21.3. The summed E-state index contributed by atoms with van der Waals surface area (Å²) in [5.74, 6) is 0. The molecule has 1 N–H and O–H groups in total. The molecule has 2 rings (SSSR count). The number of hydrogen-bond donors (Lipinski definition) is 1. The minimum Gasteiger partial charge on any atom is -0.368 e. The number of nitrogens with one attached hydrogen (secondary N) is 1. The summed E-state index contributed by atoms with van der Waals surface area (Å²) >= 11 is 0. The molecule has 2 heterocycles. The van der Waals surface area contributed by atoms with Crippen LogP contribution in [0.2, 0.25) is 0 Å². The van der Waals surface area contributed by atoms with Gasteiger partial charge >= 0.3 is 0 Å². The molecule has 2 atom stereocenters. The standard InChI is InChI=1S/C15H25N3/c1-4-14(16-5-2)15-9-8-13(11-17-15)18-10-6-7-12(18)3/h8-9,11-12,14,16H,4-7,10H2,1-3H3. The van der Waals surface area contributed by atoms with Crippen LogP contribution >= 0.6 is 0 Å². The molecule has 0 bridgehead atoms. The van der Waals surface area contributed by atoms with Crippen molar-refractivity contribution < 1.29 is 0 Å². The van der Waals surface area contributed by atoms with Gasteiger partial charge in [0.05, 0.1) is 17.6 Å². The number of aromatic nitrogens is 1. The van der Waals surface area contributed by atoms with Gasteiger partial charge in [-0.25, -0.2) is 0 Å². The molecule has 1 aromatic heterocycles. The number of rotatable bonds is 5. The topological polar surface area (TPSA) is 28.2 Å². The lowest BCUT2D eigenvalue weighted by atomic mass is 10.1. The third-order valence-electron chi connectivity index (χ3n) is 3.87. The van der Waals surface area contributed by atoms with E-state index in [-0.39, 0.29) is 0 Å². The van der Waals surface area contributed by atoms with Gasteiger partial charge in [-0.2, -0.15) is 0 Å². The minimum absolute atomic E-state index is 0.389. The van der Waals surface area contributed by atoms with Gasteiger partial charge in [-0.3, -0.25) is 4.98 Å². The molecular formula is C15H25N3. The van der Waals surface area contributed by atoms with Gasteiger partial charge in [-0.05, 0) is 44.9 Å². The number of anilines is 1. The van der Waals surface area contributed by atoms with Gasteiger partial charge in [0.15, 0.2) is 0 Å². The lowest BCUT2D eigenvalue weighted by Crippen LogP contribution is -2.26. The van der Waals surface area contributed by atoms with Crippen LogP contribution in [0, 0.1) is 0 Å². The molecule has 1 aliphatic rings. The number of hydrogen-bond acceptors (Lipinski definition) is 3. The molecule has 1 aromatic rings. The number of pyridine rings is 1. The summed E-state index contributed by atoms with van der Waals surface area (Å²) in [5.41, 5.74) is 2.44. The van der Waals surface area contributed by atoms with Crippen molar-refractivity contribution in [3.63, 3.8) is 0 Å². The van der Waals surface area contributed by atoms with Crippen LogP contribution in [0.5, 0.6) is 0 Å². The van der Waals surface area contributed by atoms with Crippen molar-refractivity contribution in [3.05, 3.63) is 24.0 Å². The minimum atomic E-state index is 0.389. The van der Waals surface area contributed by atoms with Crippen molar-refractivity contribution in [2.75, 3.05) is 18.0 Å². The van der Waals surface area contributed by atoms with Crippen LogP contribution in [0.25, 0.3) is 0 Å². The Morgan fingerprint density at radius 2 is 2.28 bits per heavy atom. The first-order chi connectivity index (χ1) is 8.76. The van der Waals surface area contributed by atoms with E-state index in [4.69, 9.17) is 0 Å². The van der Waals surface area contributed by atoms with Gasteiger partial charge in [-0.15, -0.1) is 0 Å². The Labute approximate surface area is 111 Å². The first-order valence-electron chi connectivity index (χ1n) is 7.22. The molecule has 18 heavy (non-hydrogen) atoms. The highest BCUT2D eigenvalue weighted by Gasteiger charge is 2.20. The van der Waals surface area contributed by atoms with Crippen LogP contribution in [-0.4, -0.2) is 24.1 Å². The first-order valence-corrected chi connectivity index (χ1v) is 7.22. The molecule has 1 saturated heterocycles. The molecule has 0 saturated carbocycles. The Morgan fingerprint density at radius 1 is 1.44 bits per heavy atom. The fourth-order valence-corrected chi connectivity index (χ4v) is 2.79. The van der Waals surface area contributed by atoms with Crippen molar-refractivity contribution in [2.24, 2.45) is 0 Å². The van der Waals surface area contributed by atoms with Crippen LogP contribution in [0.15, 0.2) is 18.3 Å². The molecule has 3 nitrogen and oxygen atoms in total. The lowest BCUT2D eigenvalue weighted by molar-refractivity contribution is 0.524. The predicted octanol–water partition coefficient (Wildman–Crippen LogP) is 3.13. The largest absolute Gasteiger partial charge is 0.368 e. The maximum Gasteiger partial charge on any atom is 0.0574 e. The zero-order chi connectivity index (χ0) is 13.0. The third kappa shape index (κ3) is 2.83. The summed E-state index contributed by atoms with van der Waals surface area (Å²) in [7, 11) is 0. The molecule has 0 aliphatic carbocycles. The molecule has 0 radical (unpaired) electrons. The fourth-order valence-electron chi connectivity index (χ4n) is 2.79. The molecule has 100 valence electrons. The highest BCUT2D eigenvalue weighted by molar-refractivity contribution is 5.46. The summed E-state index contributed by atoms with van der Waals surface area (Å²) in [6.45, 7) is 8.81. The highest BCUT2D eigenvalue weighted by Crippen LogP contribution is 2.25.